The number of rotatable bonds is 5. The lowest BCUT2D eigenvalue weighted by atomic mass is 9.93. The predicted octanol–water partition coefficient (Wildman–Crippen LogP) is 5.05. The maximum atomic E-state index is 6.36. The highest BCUT2D eigenvalue weighted by molar-refractivity contribution is 5.89. The monoisotopic (exact) mass is 472 g/mol. The Hall–Kier alpha value is -2.83. The van der Waals surface area contributed by atoms with Crippen LogP contribution in [0.2, 0.25) is 0 Å². The lowest BCUT2D eigenvalue weighted by Crippen LogP contribution is -2.46. The topological polar surface area (TPSA) is 41.1 Å². The molecule has 3 heterocycles. The molecule has 0 bridgehead atoms. The summed E-state index contributed by atoms with van der Waals surface area (Å²) >= 11 is 0. The summed E-state index contributed by atoms with van der Waals surface area (Å²) in [5.41, 5.74) is 4.89. The van der Waals surface area contributed by atoms with Crippen LogP contribution in [0.25, 0.3) is 10.9 Å². The van der Waals surface area contributed by atoms with Crippen LogP contribution >= 0.6 is 0 Å². The Balaban J connectivity index is 1.21. The molecule has 3 aliphatic rings. The van der Waals surface area contributed by atoms with Gasteiger partial charge in [-0.25, -0.2) is 0 Å². The minimum absolute atomic E-state index is 0.655. The van der Waals surface area contributed by atoms with E-state index in [0.29, 0.717) is 12.8 Å². The minimum atomic E-state index is 0.655. The number of fused-ring (bicyclic) bond motifs is 3. The second-order valence-electron chi connectivity index (χ2n) is 10.2. The molecule has 2 fully saturated rings. The fraction of sp³-hybridized carbons (Fsp3) is 0.483. The van der Waals surface area contributed by atoms with Crippen molar-refractivity contribution >= 4 is 16.6 Å². The van der Waals surface area contributed by atoms with E-state index < -0.39 is 0 Å². The number of aromatic nitrogens is 1. The van der Waals surface area contributed by atoms with Gasteiger partial charge in [-0.15, -0.1) is 0 Å². The van der Waals surface area contributed by atoms with E-state index in [-0.39, 0.29) is 0 Å². The number of ether oxygens (including phenoxy) is 2. The molecule has 6 nitrogen and oxygen atoms in total. The smallest absolute Gasteiger partial charge is 0.152 e. The number of hydrogen-bond donors (Lipinski definition) is 0. The summed E-state index contributed by atoms with van der Waals surface area (Å²) in [6.45, 7) is 6.66. The molecule has 2 aliphatic heterocycles. The Bertz CT molecular complexity index is 1170. The van der Waals surface area contributed by atoms with Crippen LogP contribution in [0.4, 0.5) is 5.69 Å². The van der Waals surface area contributed by atoms with Gasteiger partial charge in [0.15, 0.2) is 5.75 Å². The maximum Gasteiger partial charge on any atom is 0.152 e. The number of methoxy groups -OCH3 is 1. The molecule has 0 unspecified atom stereocenters. The van der Waals surface area contributed by atoms with Gasteiger partial charge in [0.2, 0.25) is 0 Å². The molecule has 0 N–H and O–H groups in total. The molecule has 6 rings (SSSR count). The third kappa shape index (κ3) is 4.57. The summed E-state index contributed by atoms with van der Waals surface area (Å²) in [6.07, 6.45) is 8.57. The summed E-state index contributed by atoms with van der Waals surface area (Å²) in [7, 11) is 1.75. The van der Waals surface area contributed by atoms with Crippen LogP contribution in [-0.2, 0) is 13.1 Å². The SMILES string of the molecule is COc1ccccc1N1CCN(Cc2cc3c(c4ncccc24)OCN(C2CCCCC2)C3)CC1. The Morgan fingerprint density at radius 3 is 2.66 bits per heavy atom. The van der Waals surface area contributed by atoms with E-state index in [9.17, 15) is 0 Å². The molecule has 1 saturated heterocycles. The van der Waals surface area contributed by atoms with Crippen molar-refractivity contribution in [1.82, 2.24) is 14.8 Å². The van der Waals surface area contributed by atoms with Gasteiger partial charge >= 0.3 is 0 Å². The van der Waals surface area contributed by atoms with Gasteiger partial charge in [0.25, 0.3) is 0 Å². The number of benzene rings is 2. The number of piperazine rings is 1. The first-order valence-electron chi connectivity index (χ1n) is 13.2. The summed E-state index contributed by atoms with van der Waals surface area (Å²) in [5, 5.41) is 1.23. The van der Waals surface area contributed by atoms with Gasteiger partial charge in [0.05, 0.1) is 12.8 Å². The zero-order chi connectivity index (χ0) is 23.6. The molecule has 0 spiro atoms. The number of pyridine rings is 1. The van der Waals surface area contributed by atoms with Gasteiger partial charge < -0.3 is 14.4 Å². The van der Waals surface area contributed by atoms with Crippen molar-refractivity contribution in [2.24, 2.45) is 0 Å². The van der Waals surface area contributed by atoms with Crippen LogP contribution < -0.4 is 14.4 Å². The summed E-state index contributed by atoms with van der Waals surface area (Å²) in [4.78, 5) is 12.3. The summed E-state index contributed by atoms with van der Waals surface area (Å²) in [6, 6.07) is 15.7. The fourth-order valence-corrected chi connectivity index (χ4v) is 6.13. The normalized spacial score (nSPS) is 20.0. The van der Waals surface area contributed by atoms with Crippen molar-refractivity contribution in [3.8, 4) is 11.5 Å². The number of para-hydroxylation sites is 2. The highest BCUT2D eigenvalue weighted by atomic mass is 16.5. The molecule has 1 aliphatic carbocycles. The standard InChI is InChI=1S/C29H36N4O2/c1-34-27-12-6-5-11-26(27)32-16-14-31(15-17-32)19-22-18-23-20-33(24-8-3-2-4-9-24)21-35-29(23)28-25(22)10-7-13-30-28/h5-7,10-13,18,24H,2-4,8-9,14-17,19-21H2,1H3. The molecular weight excluding hydrogens is 436 g/mol. The number of nitrogens with zero attached hydrogens (tertiary/aromatic N) is 4. The van der Waals surface area contributed by atoms with E-state index in [1.54, 1.807) is 7.11 Å². The molecule has 0 radical (unpaired) electrons. The van der Waals surface area contributed by atoms with Crippen molar-refractivity contribution in [2.75, 3.05) is 44.9 Å². The zero-order valence-electron chi connectivity index (χ0n) is 20.8. The van der Waals surface area contributed by atoms with Crippen molar-refractivity contribution in [3.05, 3.63) is 59.8 Å². The second-order valence-corrected chi connectivity index (χ2v) is 10.2. The Morgan fingerprint density at radius 1 is 1.00 bits per heavy atom. The molecule has 3 aromatic rings. The fourth-order valence-electron chi connectivity index (χ4n) is 6.13. The largest absolute Gasteiger partial charge is 0.495 e. The molecule has 0 amide bonds. The average Bonchev–Trinajstić information content (AvgIpc) is 2.94. The van der Waals surface area contributed by atoms with Crippen molar-refractivity contribution in [2.45, 2.75) is 51.2 Å². The number of hydrogen-bond acceptors (Lipinski definition) is 6. The lowest BCUT2D eigenvalue weighted by molar-refractivity contribution is 0.0413. The molecule has 1 aromatic heterocycles. The van der Waals surface area contributed by atoms with Crippen molar-refractivity contribution < 1.29 is 9.47 Å². The highest BCUT2D eigenvalue weighted by Gasteiger charge is 2.28. The minimum Gasteiger partial charge on any atom is -0.495 e. The van der Waals surface area contributed by atoms with Gasteiger partial charge in [-0.1, -0.05) is 37.5 Å². The Kier molecular flexibility index (Phi) is 6.49. The lowest BCUT2D eigenvalue weighted by Gasteiger charge is -2.38. The van der Waals surface area contributed by atoms with Crippen LogP contribution in [0, 0.1) is 0 Å². The van der Waals surface area contributed by atoms with E-state index in [1.807, 2.05) is 18.3 Å². The van der Waals surface area contributed by atoms with Gasteiger partial charge in [0.1, 0.15) is 18.0 Å². The quantitative estimate of drug-likeness (QED) is 0.518. The number of anilines is 1. The summed E-state index contributed by atoms with van der Waals surface area (Å²) in [5.74, 6) is 1.95. The molecule has 6 heteroatoms. The molecule has 184 valence electrons. The van der Waals surface area contributed by atoms with E-state index in [4.69, 9.17) is 14.5 Å². The molecule has 1 saturated carbocycles. The van der Waals surface area contributed by atoms with E-state index >= 15 is 0 Å². The van der Waals surface area contributed by atoms with E-state index in [1.165, 1.54) is 54.3 Å². The molecular formula is C29H36N4O2. The molecule has 35 heavy (non-hydrogen) atoms. The van der Waals surface area contributed by atoms with Gasteiger partial charge in [-0.3, -0.25) is 14.8 Å². The molecule has 2 aromatic carbocycles. The second kappa shape index (κ2) is 10.0. The van der Waals surface area contributed by atoms with Crippen molar-refractivity contribution in [3.63, 3.8) is 0 Å². The highest BCUT2D eigenvalue weighted by Crippen LogP contribution is 2.37. The average molecular weight is 473 g/mol. The van der Waals surface area contributed by atoms with Crippen LogP contribution in [-0.4, -0.2) is 60.8 Å². The van der Waals surface area contributed by atoms with E-state index in [2.05, 4.69) is 45.0 Å². The van der Waals surface area contributed by atoms with Crippen LogP contribution in [0.3, 0.4) is 0 Å². The Morgan fingerprint density at radius 2 is 1.83 bits per heavy atom. The predicted molar refractivity (Wildman–Crippen MR) is 140 cm³/mol. The van der Waals surface area contributed by atoms with Crippen LogP contribution in [0.15, 0.2) is 48.7 Å². The van der Waals surface area contributed by atoms with Gasteiger partial charge in [-0.05, 0) is 42.7 Å². The summed E-state index contributed by atoms with van der Waals surface area (Å²) < 4.78 is 12.0. The van der Waals surface area contributed by atoms with Gasteiger partial charge in [-0.2, -0.15) is 0 Å². The van der Waals surface area contributed by atoms with Crippen LogP contribution in [0.1, 0.15) is 43.2 Å². The van der Waals surface area contributed by atoms with E-state index in [0.717, 1.165) is 56.3 Å². The zero-order valence-corrected chi connectivity index (χ0v) is 20.8. The first-order chi connectivity index (χ1) is 17.3. The molecule has 0 atom stereocenters. The third-order valence-corrected chi connectivity index (χ3v) is 8.04. The van der Waals surface area contributed by atoms with Gasteiger partial charge in [0, 0.05) is 62.5 Å². The first-order valence-corrected chi connectivity index (χ1v) is 13.2. The van der Waals surface area contributed by atoms with Crippen LogP contribution in [0.5, 0.6) is 11.5 Å². The maximum absolute atomic E-state index is 6.36. The first kappa shape index (κ1) is 22.6. The third-order valence-electron chi connectivity index (χ3n) is 8.04. The van der Waals surface area contributed by atoms with Crippen molar-refractivity contribution in [1.29, 1.82) is 0 Å². The Labute approximate surface area is 208 Å².